The monoisotopic (exact) mass is 292 g/mol. The van der Waals surface area contributed by atoms with Crippen molar-refractivity contribution in [1.82, 2.24) is 5.43 Å². The average Bonchev–Trinajstić information content (AvgIpc) is 2.38. The van der Waals surface area contributed by atoms with Crippen molar-refractivity contribution < 1.29 is 4.39 Å². The number of hydrogen-bond acceptors (Lipinski definition) is 2. The van der Waals surface area contributed by atoms with E-state index in [0.717, 1.165) is 11.1 Å². The minimum absolute atomic E-state index is 0.0323. The molecule has 20 heavy (non-hydrogen) atoms. The maximum Gasteiger partial charge on any atom is 0.141 e. The van der Waals surface area contributed by atoms with Crippen molar-refractivity contribution in [3.05, 3.63) is 69.5 Å². The number of hydrazine groups is 1. The van der Waals surface area contributed by atoms with Gasteiger partial charge in [0.15, 0.2) is 0 Å². The van der Waals surface area contributed by atoms with Gasteiger partial charge < -0.3 is 0 Å². The van der Waals surface area contributed by atoms with E-state index in [-0.39, 0.29) is 11.1 Å². The summed E-state index contributed by atoms with van der Waals surface area (Å²) >= 11 is 5.81. The molecule has 2 rings (SSSR count). The molecule has 0 aliphatic heterocycles. The summed E-state index contributed by atoms with van der Waals surface area (Å²) in [5.41, 5.74) is 7.26. The topological polar surface area (TPSA) is 38.0 Å². The highest BCUT2D eigenvalue weighted by molar-refractivity contribution is 6.30. The highest BCUT2D eigenvalue weighted by Crippen LogP contribution is 2.23. The molecule has 0 saturated heterocycles. The van der Waals surface area contributed by atoms with Crippen molar-refractivity contribution in [3.63, 3.8) is 0 Å². The lowest BCUT2D eigenvalue weighted by Gasteiger charge is -2.18. The van der Waals surface area contributed by atoms with Crippen molar-refractivity contribution in [3.8, 4) is 0 Å². The van der Waals surface area contributed by atoms with Gasteiger partial charge in [0.1, 0.15) is 5.82 Å². The third-order valence-corrected chi connectivity index (χ3v) is 3.56. The van der Waals surface area contributed by atoms with Crippen LogP contribution in [0.5, 0.6) is 0 Å². The normalized spacial score (nSPS) is 12.4. The molecule has 2 aromatic carbocycles. The van der Waals surface area contributed by atoms with Gasteiger partial charge in [-0.3, -0.25) is 11.3 Å². The SMILES string of the molecule is Cc1cc(C)cc(C(Cc2ccc(F)c(Cl)c2)NN)c1. The average molecular weight is 293 g/mol. The number of hydrogen-bond donors (Lipinski definition) is 2. The molecular weight excluding hydrogens is 275 g/mol. The second kappa shape index (κ2) is 6.35. The van der Waals surface area contributed by atoms with Crippen LogP contribution in [0.3, 0.4) is 0 Å². The third kappa shape index (κ3) is 3.57. The van der Waals surface area contributed by atoms with E-state index >= 15 is 0 Å². The Bertz CT molecular complexity index is 593. The molecule has 2 aromatic rings. The number of halogens is 2. The lowest BCUT2D eigenvalue weighted by Crippen LogP contribution is -2.29. The van der Waals surface area contributed by atoms with Crippen LogP contribution in [0.15, 0.2) is 36.4 Å². The fourth-order valence-corrected chi connectivity index (χ4v) is 2.59. The minimum Gasteiger partial charge on any atom is -0.271 e. The van der Waals surface area contributed by atoms with Crippen molar-refractivity contribution in [2.45, 2.75) is 26.3 Å². The first-order valence-electron chi connectivity index (χ1n) is 6.48. The van der Waals surface area contributed by atoms with Crippen molar-refractivity contribution in [2.75, 3.05) is 0 Å². The van der Waals surface area contributed by atoms with Crippen LogP contribution in [0.1, 0.15) is 28.3 Å². The van der Waals surface area contributed by atoms with Gasteiger partial charge in [0.05, 0.1) is 5.02 Å². The van der Waals surface area contributed by atoms with Crippen LogP contribution in [-0.4, -0.2) is 0 Å². The van der Waals surface area contributed by atoms with Crippen LogP contribution in [0, 0.1) is 19.7 Å². The van der Waals surface area contributed by atoms with Crippen LogP contribution >= 0.6 is 11.6 Å². The van der Waals surface area contributed by atoms with Crippen LogP contribution in [0.4, 0.5) is 4.39 Å². The number of nitrogens with two attached hydrogens (primary N) is 1. The summed E-state index contributed by atoms with van der Waals surface area (Å²) in [6, 6.07) is 11.0. The van der Waals surface area contributed by atoms with Crippen molar-refractivity contribution in [1.29, 1.82) is 0 Å². The predicted molar refractivity (Wildman–Crippen MR) is 81.1 cm³/mol. The molecule has 0 aliphatic rings. The fourth-order valence-electron chi connectivity index (χ4n) is 2.39. The molecule has 1 atom stereocenters. The van der Waals surface area contributed by atoms with E-state index in [1.165, 1.54) is 17.2 Å². The lowest BCUT2D eigenvalue weighted by molar-refractivity contribution is 0.550. The van der Waals surface area contributed by atoms with Gasteiger partial charge in [-0.2, -0.15) is 0 Å². The Morgan fingerprint density at radius 2 is 1.80 bits per heavy atom. The van der Waals surface area contributed by atoms with Gasteiger partial charge in [-0.1, -0.05) is 47.0 Å². The molecule has 0 aromatic heterocycles. The van der Waals surface area contributed by atoms with Crippen molar-refractivity contribution >= 4 is 11.6 Å². The molecule has 2 nitrogen and oxygen atoms in total. The summed E-state index contributed by atoms with van der Waals surface area (Å²) in [6.45, 7) is 4.11. The molecule has 0 saturated carbocycles. The van der Waals surface area contributed by atoms with Gasteiger partial charge in [0.2, 0.25) is 0 Å². The van der Waals surface area contributed by atoms with E-state index in [1.807, 2.05) is 0 Å². The molecule has 4 heteroatoms. The molecule has 3 N–H and O–H groups in total. The highest BCUT2D eigenvalue weighted by Gasteiger charge is 2.12. The van der Waals surface area contributed by atoms with E-state index in [2.05, 4.69) is 37.5 Å². The van der Waals surface area contributed by atoms with Gasteiger partial charge in [-0.25, -0.2) is 4.39 Å². The predicted octanol–water partition coefficient (Wildman–Crippen LogP) is 3.84. The Morgan fingerprint density at radius 3 is 2.35 bits per heavy atom. The standard InChI is InChI=1S/C16H18ClFN2/c1-10-5-11(2)7-13(6-10)16(20-19)9-12-3-4-15(18)14(17)8-12/h3-8,16,20H,9,19H2,1-2H3. The second-order valence-electron chi connectivity index (χ2n) is 5.09. The Labute approximate surface area is 123 Å². The molecular formula is C16H18ClFN2. The zero-order chi connectivity index (χ0) is 14.7. The van der Waals surface area contributed by atoms with Gasteiger partial charge in [0, 0.05) is 6.04 Å². The van der Waals surface area contributed by atoms with E-state index in [1.54, 1.807) is 12.1 Å². The summed E-state index contributed by atoms with van der Waals surface area (Å²) in [5, 5.41) is 0.138. The fraction of sp³-hybridized carbons (Fsp3) is 0.250. The Balaban J connectivity index is 2.26. The summed E-state index contributed by atoms with van der Waals surface area (Å²) in [4.78, 5) is 0. The molecule has 0 amide bonds. The molecule has 1 unspecified atom stereocenters. The van der Waals surface area contributed by atoms with Gasteiger partial charge in [-0.05, 0) is 43.5 Å². The molecule has 0 aliphatic carbocycles. The van der Waals surface area contributed by atoms with E-state index in [4.69, 9.17) is 17.4 Å². The summed E-state index contributed by atoms with van der Waals surface area (Å²) in [6.07, 6.45) is 0.652. The molecule has 0 radical (unpaired) electrons. The smallest absolute Gasteiger partial charge is 0.141 e. The largest absolute Gasteiger partial charge is 0.271 e. The van der Waals surface area contributed by atoms with Gasteiger partial charge in [0.25, 0.3) is 0 Å². The summed E-state index contributed by atoms with van der Waals surface area (Å²) in [5.74, 6) is 5.26. The van der Waals surface area contributed by atoms with Crippen LogP contribution in [-0.2, 0) is 6.42 Å². The van der Waals surface area contributed by atoms with Gasteiger partial charge in [-0.15, -0.1) is 0 Å². The van der Waals surface area contributed by atoms with Gasteiger partial charge >= 0.3 is 0 Å². The first-order valence-corrected chi connectivity index (χ1v) is 6.85. The lowest BCUT2D eigenvalue weighted by atomic mass is 9.96. The molecule has 0 heterocycles. The van der Waals surface area contributed by atoms with E-state index < -0.39 is 5.82 Å². The van der Waals surface area contributed by atoms with Crippen molar-refractivity contribution in [2.24, 2.45) is 5.84 Å². The maximum absolute atomic E-state index is 13.2. The Kier molecular flexibility index (Phi) is 4.76. The molecule has 0 fully saturated rings. The van der Waals surface area contributed by atoms with Crippen LogP contribution in [0.2, 0.25) is 5.02 Å². The molecule has 106 valence electrons. The number of aryl methyl sites for hydroxylation is 2. The molecule has 0 spiro atoms. The quantitative estimate of drug-likeness (QED) is 0.664. The first kappa shape index (κ1) is 15.0. The number of rotatable bonds is 4. The Morgan fingerprint density at radius 1 is 1.15 bits per heavy atom. The first-order chi connectivity index (χ1) is 9.49. The minimum atomic E-state index is -0.404. The van der Waals surface area contributed by atoms with Crippen LogP contribution < -0.4 is 11.3 Å². The zero-order valence-corrected chi connectivity index (χ0v) is 12.3. The Hall–Kier alpha value is -1.42. The number of nitrogens with one attached hydrogen (secondary N) is 1. The maximum atomic E-state index is 13.2. The third-order valence-electron chi connectivity index (χ3n) is 3.27. The number of benzene rings is 2. The second-order valence-corrected chi connectivity index (χ2v) is 5.50. The highest BCUT2D eigenvalue weighted by atomic mass is 35.5. The summed E-state index contributed by atoms with van der Waals surface area (Å²) < 4.78 is 13.2. The van der Waals surface area contributed by atoms with E-state index in [0.29, 0.717) is 6.42 Å². The zero-order valence-electron chi connectivity index (χ0n) is 11.6. The summed E-state index contributed by atoms with van der Waals surface area (Å²) in [7, 11) is 0. The van der Waals surface area contributed by atoms with E-state index in [9.17, 15) is 4.39 Å². The van der Waals surface area contributed by atoms with Crippen LogP contribution in [0.25, 0.3) is 0 Å². The molecule has 0 bridgehead atoms.